The molecule has 0 aromatic heterocycles. The monoisotopic (exact) mass is 218 g/mol. The zero-order valence-corrected chi connectivity index (χ0v) is 10.6. The van der Waals surface area contributed by atoms with E-state index < -0.39 is 0 Å². The van der Waals surface area contributed by atoms with Gasteiger partial charge in [-0.15, -0.1) is 0 Å². The van der Waals surface area contributed by atoms with Crippen LogP contribution >= 0.6 is 0 Å². The van der Waals surface area contributed by atoms with Crippen LogP contribution in [-0.4, -0.2) is 38.1 Å². The van der Waals surface area contributed by atoms with Gasteiger partial charge in [0.1, 0.15) is 0 Å². The van der Waals surface area contributed by atoms with Gasteiger partial charge in [0.2, 0.25) is 0 Å². The van der Waals surface area contributed by atoms with Crippen molar-refractivity contribution in [2.45, 2.75) is 19.3 Å². The lowest BCUT2D eigenvalue weighted by atomic mass is 9.81. The van der Waals surface area contributed by atoms with E-state index >= 15 is 0 Å². The number of rotatable bonds is 1. The average Bonchev–Trinajstić information content (AvgIpc) is 2.41. The molecule has 1 aliphatic heterocycles. The first-order valence-electron chi connectivity index (χ1n) is 6.07. The van der Waals surface area contributed by atoms with E-state index in [1.807, 2.05) is 0 Å². The van der Waals surface area contributed by atoms with E-state index in [2.05, 4.69) is 55.4 Å². The van der Waals surface area contributed by atoms with Crippen LogP contribution in [0.15, 0.2) is 24.3 Å². The van der Waals surface area contributed by atoms with Gasteiger partial charge in [-0.1, -0.05) is 36.8 Å². The van der Waals surface area contributed by atoms with Crippen molar-refractivity contribution in [3.8, 4) is 0 Å². The van der Waals surface area contributed by atoms with Gasteiger partial charge < -0.3 is 10.2 Å². The van der Waals surface area contributed by atoms with E-state index in [0.717, 1.165) is 26.2 Å². The second kappa shape index (κ2) is 4.56. The smallest absolute Gasteiger partial charge is 0.0177 e. The van der Waals surface area contributed by atoms with Gasteiger partial charge in [0.15, 0.2) is 0 Å². The lowest BCUT2D eigenvalue weighted by molar-refractivity contribution is 0.290. The maximum Gasteiger partial charge on any atom is 0.0177 e. The summed E-state index contributed by atoms with van der Waals surface area (Å²) in [7, 11) is 2.21. The Kier molecular flexibility index (Phi) is 3.31. The molecule has 0 amide bonds. The van der Waals surface area contributed by atoms with Crippen LogP contribution in [0.4, 0.5) is 0 Å². The highest BCUT2D eigenvalue weighted by Crippen LogP contribution is 2.25. The standard InChI is InChI=1S/C14H22N2/c1-12-5-4-6-13(9-12)14(2)10-15-7-8-16(3)11-14/h4-6,9,15H,7-8,10-11H2,1-3H3. The first-order chi connectivity index (χ1) is 7.60. The van der Waals surface area contributed by atoms with Crippen LogP contribution in [0, 0.1) is 6.92 Å². The fourth-order valence-electron chi connectivity index (χ4n) is 2.58. The van der Waals surface area contributed by atoms with E-state index in [1.54, 1.807) is 0 Å². The van der Waals surface area contributed by atoms with Gasteiger partial charge in [0.05, 0.1) is 0 Å². The summed E-state index contributed by atoms with van der Waals surface area (Å²) >= 11 is 0. The van der Waals surface area contributed by atoms with E-state index in [4.69, 9.17) is 0 Å². The quantitative estimate of drug-likeness (QED) is 0.773. The predicted octanol–water partition coefficient (Wildman–Crippen LogP) is 1.79. The number of aryl methyl sites for hydroxylation is 1. The van der Waals surface area contributed by atoms with Gasteiger partial charge in [-0.25, -0.2) is 0 Å². The second-order valence-corrected chi connectivity index (χ2v) is 5.34. The van der Waals surface area contributed by atoms with Crippen LogP contribution in [0.2, 0.25) is 0 Å². The molecule has 2 rings (SSSR count). The van der Waals surface area contributed by atoms with Crippen LogP contribution in [0.5, 0.6) is 0 Å². The second-order valence-electron chi connectivity index (χ2n) is 5.34. The van der Waals surface area contributed by atoms with Crippen molar-refractivity contribution in [1.29, 1.82) is 0 Å². The molecule has 16 heavy (non-hydrogen) atoms. The molecule has 1 aromatic carbocycles. The molecule has 1 aliphatic rings. The fourth-order valence-corrected chi connectivity index (χ4v) is 2.58. The summed E-state index contributed by atoms with van der Waals surface area (Å²) in [6.45, 7) is 8.96. The molecule has 1 aromatic rings. The summed E-state index contributed by atoms with van der Waals surface area (Å²) in [5, 5.41) is 3.54. The lowest BCUT2D eigenvalue weighted by Crippen LogP contribution is -2.39. The molecule has 0 aliphatic carbocycles. The molecule has 0 saturated carbocycles. The molecule has 1 fully saturated rings. The Morgan fingerprint density at radius 1 is 1.38 bits per heavy atom. The minimum Gasteiger partial charge on any atom is -0.315 e. The van der Waals surface area contributed by atoms with E-state index in [1.165, 1.54) is 11.1 Å². The maximum atomic E-state index is 3.54. The van der Waals surface area contributed by atoms with Crippen molar-refractivity contribution in [3.05, 3.63) is 35.4 Å². The Hall–Kier alpha value is -0.860. The molecule has 0 bridgehead atoms. The van der Waals surface area contributed by atoms with Gasteiger partial charge in [-0.2, -0.15) is 0 Å². The Labute approximate surface area is 98.7 Å². The molecule has 0 radical (unpaired) electrons. The number of nitrogens with one attached hydrogen (secondary N) is 1. The largest absolute Gasteiger partial charge is 0.315 e. The summed E-state index contributed by atoms with van der Waals surface area (Å²) in [6.07, 6.45) is 0. The molecule has 2 nitrogen and oxygen atoms in total. The Bertz CT molecular complexity index is 362. The van der Waals surface area contributed by atoms with Crippen molar-refractivity contribution >= 4 is 0 Å². The Morgan fingerprint density at radius 2 is 2.19 bits per heavy atom. The summed E-state index contributed by atoms with van der Waals surface area (Å²) in [5.74, 6) is 0. The van der Waals surface area contributed by atoms with Crippen molar-refractivity contribution in [3.63, 3.8) is 0 Å². The molecular weight excluding hydrogens is 196 g/mol. The Morgan fingerprint density at radius 3 is 2.94 bits per heavy atom. The summed E-state index contributed by atoms with van der Waals surface area (Å²) < 4.78 is 0. The normalized spacial score (nSPS) is 27.7. The van der Waals surface area contributed by atoms with Crippen LogP contribution in [0.25, 0.3) is 0 Å². The average molecular weight is 218 g/mol. The number of benzene rings is 1. The number of nitrogens with zero attached hydrogens (tertiary/aromatic N) is 1. The number of likely N-dealkylation sites (N-methyl/N-ethyl adjacent to an activating group) is 1. The first kappa shape index (κ1) is 11.6. The van der Waals surface area contributed by atoms with Crippen molar-refractivity contribution in [2.24, 2.45) is 0 Å². The van der Waals surface area contributed by atoms with Gasteiger partial charge in [-0.05, 0) is 19.5 Å². The molecule has 1 saturated heterocycles. The van der Waals surface area contributed by atoms with Crippen LogP contribution in [0.1, 0.15) is 18.1 Å². The fraction of sp³-hybridized carbons (Fsp3) is 0.571. The molecule has 1 heterocycles. The predicted molar refractivity (Wildman–Crippen MR) is 68.9 cm³/mol. The van der Waals surface area contributed by atoms with Gasteiger partial charge >= 0.3 is 0 Å². The van der Waals surface area contributed by atoms with Crippen LogP contribution in [0.3, 0.4) is 0 Å². The van der Waals surface area contributed by atoms with E-state index in [-0.39, 0.29) is 5.41 Å². The van der Waals surface area contributed by atoms with Gasteiger partial charge in [0.25, 0.3) is 0 Å². The number of hydrogen-bond donors (Lipinski definition) is 1. The number of hydrogen-bond acceptors (Lipinski definition) is 2. The summed E-state index contributed by atoms with van der Waals surface area (Å²) in [6, 6.07) is 8.91. The molecular formula is C14H22N2. The zero-order valence-electron chi connectivity index (χ0n) is 10.6. The zero-order chi connectivity index (χ0) is 11.6. The molecule has 2 heteroatoms. The van der Waals surface area contributed by atoms with Crippen LogP contribution in [-0.2, 0) is 5.41 Å². The molecule has 88 valence electrons. The third-order valence-corrected chi connectivity index (χ3v) is 3.52. The molecule has 1 N–H and O–H groups in total. The molecule has 0 spiro atoms. The minimum atomic E-state index is 0.233. The molecule has 1 atom stereocenters. The van der Waals surface area contributed by atoms with Gasteiger partial charge in [-0.3, -0.25) is 0 Å². The van der Waals surface area contributed by atoms with Crippen LogP contribution < -0.4 is 5.32 Å². The third-order valence-electron chi connectivity index (χ3n) is 3.52. The van der Waals surface area contributed by atoms with Crippen molar-refractivity contribution in [1.82, 2.24) is 10.2 Å². The maximum absolute atomic E-state index is 3.54. The highest BCUT2D eigenvalue weighted by atomic mass is 15.1. The van der Waals surface area contributed by atoms with E-state index in [9.17, 15) is 0 Å². The minimum absolute atomic E-state index is 0.233. The topological polar surface area (TPSA) is 15.3 Å². The lowest BCUT2D eigenvalue weighted by Gasteiger charge is -2.31. The third kappa shape index (κ3) is 2.45. The summed E-state index contributed by atoms with van der Waals surface area (Å²) in [5.41, 5.74) is 3.04. The highest BCUT2D eigenvalue weighted by Gasteiger charge is 2.29. The molecule has 1 unspecified atom stereocenters. The van der Waals surface area contributed by atoms with E-state index in [0.29, 0.717) is 0 Å². The summed E-state index contributed by atoms with van der Waals surface area (Å²) in [4.78, 5) is 2.42. The van der Waals surface area contributed by atoms with Crippen molar-refractivity contribution in [2.75, 3.05) is 33.2 Å². The van der Waals surface area contributed by atoms with Gasteiger partial charge in [0, 0.05) is 31.6 Å². The van der Waals surface area contributed by atoms with Crippen molar-refractivity contribution < 1.29 is 0 Å². The SMILES string of the molecule is Cc1cccc(C2(C)CNCCN(C)C2)c1. The Balaban J connectivity index is 2.28. The highest BCUT2D eigenvalue weighted by molar-refractivity contribution is 5.30. The first-order valence-corrected chi connectivity index (χ1v) is 6.07.